The monoisotopic (exact) mass is 256 g/mol. The number of anilines is 1. The molecule has 0 bridgehead atoms. The molecule has 1 aromatic carbocycles. The van der Waals surface area contributed by atoms with E-state index in [9.17, 15) is 4.79 Å². The van der Waals surface area contributed by atoms with Crippen molar-refractivity contribution >= 4 is 11.6 Å². The van der Waals surface area contributed by atoms with Gasteiger partial charge in [0.15, 0.2) is 0 Å². The molecule has 2 rings (SSSR count). The van der Waals surface area contributed by atoms with Crippen LogP contribution in [0.5, 0.6) is 0 Å². The molecule has 0 radical (unpaired) electrons. The zero-order chi connectivity index (χ0) is 13.7. The fraction of sp³-hybridized carbons (Fsp3) is 0.438. The number of rotatable bonds is 4. The highest BCUT2D eigenvalue weighted by atomic mass is 16.1. The molecule has 1 aliphatic rings. The summed E-state index contributed by atoms with van der Waals surface area (Å²) in [5, 5.41) is 6.40. The van der Waals surface area contributed by atoms with Crippen LogP contribution in [0.2, 0.25) is 0 Å². The van der Waals surface area contributed by atoms with Crippen molar-refractivity contribution in [1.29, 1.82) is 0 Å². The molecule has 100 valence electrons. The Morgan fingerprint density at radius 3 is 3.11 bits per heavy atom. The number of hydrogen-bond donors (Lipinski definition) is 2. The van der Waals surface area contributed by atoms with Crippen LogP contribution in [-0.2, 0) is 4.79 Å². The maximum absolute atomic E-state index is 12.4. The molecule has 2 N–H and O–H groups in total. The third-order valence-electron chi connectivity index (χ3n) is 3.60. The Labute approximate surface area is 114 Å². The van der Waals surface area contributed by atoms with Gasteiger partial charge < -0.3 is 10.6 Å². The van der Waals surface area contributed by atoms with E-state index in [4.69, 9.17) is 6.42 Å². The highest BCUT2D eigenvalue weighted by Gasteiger charge is 2.27. The molecule has 1 amide bonds. The Balaban J connectivity index is 2.11. The first-order valence-corrected chi connectivity index (χ1v) is 6.83. The topological polar surface area (TPSA) is 41.1 Å². The van der Waals surface area contributed by atoms with Crippen molar-refractivity contribution in [1.82, 2.24) is 5.32 Å². The van der Waals surface area contributed by atoms with Gasteiger partial charge in [-0.05, 0) is 24.5 Å². The van der Waals surface area contributed by atoms with E-state index in [1.54, 1.807) is 0 Å². The van der Waals surface area contributed by atoms with Gasteiger partial charge in [0.25, 0.3) is 0 Å². The minimum absolute atomic E-state index is 0.0655. The molecule has 19 heavy (non-hydrogen) atoms. The van der Waals surface area contributed by atoms with Gasteiger partial charge in [-0.15, -0.1) is 12.3 Å². The number of benzene rings is 1. The van der Waals surface area contributed by atoms with Crippen LogP contribution in [0.25, 0.3) is 0 Å². The number of terminal acetylenes is 1. The molecule has 0 aromatic heterocycles. The second-order valence-corrected chi connectivity index (χ2v) is 4.88. The number of para-hydroxylation sites is 1. The molecule has 3 heteroatoms. The molecule has 1 aromatic rings. The van der Waals surface area contributed by atoms with E-state index < -0.39 is 0 Å². The first kappa shape index (κ1) is 13.5. The lowest BCUT2D eigenvalue weighted by Gasteiger charge is -2.27. The van der Waals surface area contributed by atoms with Crippen molar-refractivity contribution < 1.29 is 4.79 Å². The van der Waals surface area contributed by atoms with Crippen LogP contribution >= 0.6 is 0 Å². The molecule has 0 saturated carbocycles. The van der Waals surface area contributed by atoms with E-state index in [1.165, 1.54) is 0 Å². The van der Waals surface area contributed by atoms with Crippen LogP contribution < -0.4 is 10.6 Å². The number of carbonyl (C=O) groups excluding carboxylic acids is 1. The lowest BCUT2D eigenvalue weighted by atomic mass is 9.90. The zero-order valence-corrected chi connectivity index (χ0v) is 11.3. The number of nitrogens with one attached hydrogen (secondary N) is 2. The predicted molar refractivity (Wildman–Crippen MR) is 78.0 cm³/mol. The molecule has 0 saturated heterocycles. The maximum Gasteiger partial charge on any atom is 0.227 e. The lowest BCUT2D eigenvalue weighted by Crippen LogP contribution is -2.39. The molecule has 2 atom stereocenters. The first-order chi connectivity index (χ1) is 9.26. The Kier molecular flexibility index (Phi) is 4.46. The lowest BCUT2D eigenvalue weighted by molar-refractivity contribution is -0.123. The largest absolute Gasteiger partial charge is 0.385 e. The third-order valence-corrected chi connectivity index (χ3v) is 3.60. The van der Waals surface area contributed by atoms with Crippen LogP contribution in [0.15, 0.2) is 24.3 Å². The SMILES string of the molecule is C#CCC(CC)NC(=O)C1CCNc2ccccc21. The summed E-state index contributed by atoms with van der Waals surface area (Å²) in [7, 11) is 0. The predicted octanol–water partition coefficient (Wildman–Crippen LogP) is 2.50. The summed E-state index contributed by atoms with van der Waals surface area (Å²) in [6.07, 6.45) is 7.61. The van der Waals surface area contributed by atoms with Gasteiger partial charge in [0.1, 0.15) is 0 Å². The van der Waals surface area contributed by atoms with Crippen molar-refractivity contribution in [3.05, 3.63) is 29.8 Å². The minimum atomic E-state index is -0.0655. The Hall–Kier alpha value is -1.95. The second-order valence-electron chi connectivity index (χ2n) is 4.88. The summed E-state index contributed by atoms with van der Waals surface area (Å²) in [6.45, 7) is 2.87. The van der Waals surface area contributed by atoms with Gasteiger partial charge in [-0.3, -0.25) is 4.79 Å². The van der Waals surface area contributed by atoms with Gasteiger partial charge >= 0.3 is 0 Å². The summed E-state index contributed by atoms with van der Waals surface area (Å²) in [6, 6.07) is 8.09. The second kappa shape index (κ2) is 6.29. The zero-order valence-electron chi connectivity index (χ0n) is 11.3. The van der Waals surface area contributed by atoms with E-state index in [-0.39, 0.29) is 17.9 Å². The summed E-state index contributed by atoms with van der Waals surface area (Å²) in [5.41, 5.74) is 2.15. The summed E-state index contributed by atoms with van der Waals surface area (Å²) in [5.74, 6) is 2.65. The molecule has 2 unspecified atom stereocenters. The van der Waals surface area contributed by atoms with Gasteiger partial charge in [-0.1, -0.05) is 25.1 Å². The Bertz CT molecular complexity index is 490. The van der Waals surface area contributed by atoms with Crippen molar-refractivity contribution in [2.24, 2.45) is 0 Å². The van der Waals surface area contributed by atoms with Crippen molar-refractivity contribution in [3.63, 3.8) is 0 Å². The number of fused-ring (bicyclic) bond motifs is 1. The fourth-order valence-electron chi connectivity index (χ4n) is 2.48. The molecule has 0 fully saturated rings. The molecule has 0 spiro atoms. The standard InChI is InChI=1S/C16H20N2O/c1-3-7-12(4-2)18-16(19)14-10-11-17-15-9-6-5-8-13(14)15/h1,5-6,8-9,12,14,17H,4,7,10-11H2,2H3,(H,18,19). The molecular weight excluding hydrogens is 236 g/mol. The van der Waals surface area contributed by atoms with Gasteiger partial charge in [-0.2, -0.15) is 0 Å². The molecule has 3 nitrogen and oxygen atoms in total. The Morgan fingerprint density at radius 1 is 1.58 bits per heavy atom. The van der Waals surface area contributed by atoms with E-state index in [0.29, 0.717) is 6.42 Å². The molecule has 0 aliphatic carbocycles. The highest BCUT2D eigenvalue weighted by Crippen LogP contribution is 2.31. The maximum atomic E-state index is 12.4. The van der Waals surface area contributed by atoms with Gasteiger partial charge in [0, 0.05) is 24.7 Å². The van der Waals surface area contributed by atoms with Crippen LogP contribution in [0.3, 0.4) is 0 Å². The first-order valence-electron chi connectivity index (χ1n) is 6.83. The van der Waals surface area contributed by atoms with Gasteiger partial charge in [-0.25, -0.2) is 0 Å². The summed E-state index contributed by atoms with van der Waals surface area (Å²) < 4.78 is 0. The average molecular weight is 256 g/mol. The fourth-order valence-corrected chi connectivity index (χ4v) is 2.48. The third kappa shape index (κ3) is 3.08. The minimum Gasteiger partial charge on any atom is -0.385 e. The normalized spacial score (nSPS) is 18.6. The number of carbonyl (C=O) groups is 1. The summed E-state index contributed by atoms with van der Waals surface area (Å²) >= 11 is 0. The van der Waals surface area contributed by atoms with Crippen molar-refractivity contribution in [3.8, 4) is 12.3 Å². The van der Waals surface area contributed by atoms with E-state index in [1.807, 2.05) is 31.2 Å². The van der Waals surface area contributed by atoms with Gasteiger partial charge in [0.05, 0.1) is 5.92 Å². The van der Waals surface area contributed by atoms with Crippen LogP contribution in [0.4, 0.5) is 5.69 Å². The van der Waals surface area contributed by atoms with Crippen LogP contribution in [0, 0.1) is 12.3 Å². The molecule has 1 aliphatic heterocycles. The molecular formula is C16H20N2O. The quantitative estimate of drug-likeness (QED) is 0.813. The van der Waals surface area contributed by atoms with E-state index >= 15 is 0 Å². The van der Waals surface area contributed by atoms with Crippen LogP contribution in [-0.4, -0.2) is 18.5 Å². The van der Waals surface area contributed by atoms with E-state index in [2.05, 4.69) is 16.6 Å². The average Bonchev–Trinajstić information content (AvgIpc) is 2.46. The Morgan fingerprint density at radius 2 is 2.37 bits per heavy atom. The highest BCUT2D eigenvalue weighted by molar-refractivity contribution is 5.86. The van der Waals surface area contributed by atoms with E-state index in [0.717, 1.165) is 30.6 Å². The number of amides is 1. The van der Waals surface area contributed by atoms with Crippen molar-refractivity contribution in [2.75, 3.05) is 11.9 Å². The molecule has 1 heterocycles. The van der Waals surface area contributed by atoms with Crippen molar-refractivity contribution in [2.45, 2.75) is 38.1 Å². The number of hydrogen-bond acceptors (Lipinski definition) is 2. The smallest absolute Gasteiger partial charge is 0.227 e. The van der Waals surface area contributed by atoms with Gasteiger partial charge in [0.2, 0.25) is 5.91 Å². The summed E-state index contributed by atoms with van der Waals surface area (Å²) in [4.78, 5) is 12.4. The van der Waals surface area contributed by atoms with Crippen LogP contribution in [0.1, 0.15) is 37.7 Å².